The summed E-state index contributed by atoms with van der Waals surface area (Å²) in [5, 5.41) is 2.33. The van der Waals surface area contributed by atoms with Crippen LogP contribution in [0.1, 0.15) is 11.6 Å². The van der Waals surface area contributed by atoms with Crippen molar-refractivity contribution in [3.8, 4) is 0 Å². The lowest BCUT2D eigenvalue weighted by Crippen LogP contribution is -2.13. The van der Waals surface area contributed by atoms with Crippen LogP contribution in [0.5, 0.6) is 0 Å². The van der Waals surface area contributed by atoms with Gasteiger partial charge in [-0.25, -0.2) is 0 Å². The molecule has 1 unspecified atom stereocenters. The molecule has 0 radical (unpaired) electrons. The van der Waals surface area contributed by atoms with Crippen LogP contribution in [0, 0.1) is 0 Å². The number of fused-ring (bicyclic) bond motifs is 1. The Balaban J connectivity index is 1.79. The van der Waals surface area contributed by atoms with E-state index in [4.69, 9.17) is 5.73 Å². The van der Waals surface area contributed by atoms with E-state index in [0.29, 0.717) is 0 Å². The number of nitrogens with zero attached hydrogens (tertiary/aromatic N) is 1. The Morgan fingerprint density at radius 3 is 2.81 bits per heavy atom. The van der Waals surface area contributed by atoms with E-state index in [1.54, 1.807) is 11.8 Å². The first-order chi connectivity index (χ1) is 10.2. The smallest absolute Gasteiger partial charge is 0.0411 e. The molecule has 0 aliphatic carbocycles. The van der Waals surface area contributed by atoms with E-state index in [9.17, 15) is 0 Å². The summed E-state index contributed by atoms with van der Waals surface area (Å²) in [7, 11) is 0. The second-order valence-electron chi connectivity index (χ2n) is 4.82. The van der Waals surface area contributed by atoms with Gasteiger partial charge in [-0.3, -0.25) is 4.98 Å². The Hall–Kier alpha value is -1.36. The second-order valence-corrected chi connectivity index (χ2v) is 6.83. The molecule has 2 nitrogen and oxygen atoms in total. The number of thioether (sulfide) groups is 1. The predicted octanol–water partition coefficient (Wildman–Crippen LogP) is 4.79. The van der Waals surface area contributed by atoms with Gasteiger partial charge in [-0.2, -0.15) is 0 Å². The van der Waals surface area contributed by atoms with Crippen LogP contribution in [-0.2, 0) is 0 Å². The third-order valence-corrected chi connectivity index (χ3v) is 4.93. The molecule has 0 saturated heterocycles. The molecule has 3 aromatic rings. The minimum absolute atomic E-state index is 0.0346. The average molecular weight is 359 g/mol. The third-order valence-electron chi connectivity index (χ3n) is 3.32. The molecule has 0 bridgehead atoms. The van der Waals surface area contributed by atoms with Crippen LogP contribution in [0.15, 0.2) is 70.3 Å². The maximum atomic E-state index is 6.37. The fraction of sp³-hybridized carbons (Fsp3) is 0.118. The van der Waals surface area contributed by atoms with Gasteiger partial charge in [0.25, 0.3) is 0 Å². The number of pyridine rings is 1. The molecule has 3 rings (SSSR count). The summed E-state index contributed by atoms with van der Waals surface area (Å²) in [6.07, 6.45) is 3.77. The number of benzene rings is 2. The SMILES string of the molecule is NC(CSc1cccc(Br)c1)c1cncc2ccccc12. The third kappa shape index (κ3) is 3.46. The van der Waals surface area contributed by atoms with E-state index >= 15 is 0 Å². The fourth-order valence-electron chi connectivity index (χ4n) is 2.27. The molecule has 21 heavy (non-hydrogen) atoms. The minimum atomic E-state index is -0.0346. The Morgan fingerprint density at radius 2 is 1.95 bits per heavy atom. The molecule has 0 spiro atoms. The second kappa shape index (κ2) is 6.60. The zero-order valence-electron chi connectivity index (χ0n) is 11.4. The van der Waals surface area contributed by atoms with Crippen LogP contribution in [0.4, 0.5) is 0 Å². The molecule has 1 heterocycles. The summed E-state index contributed by atoms with van der Waals surface area (Å²) in [6, 6.07) is 16.5. The molecule has 0 fully saturated rings. The van der Waals surface area contributed by atoms with Gasteiger partial charge in [0.2, 0.25) is 0 Å². The van der Waals surface area contributed by atoms with Gasteiger partial charge < -0.3 is 5.73 Å². The van der Waals surface area contributed by atoms with E-state index in [0.717, 1.165) is 21.2 Å². The van der Waals surface area contributed by atoms with E-state index in [-0.39, 0.29) is 6.04 Å². The summed E-state index contributed by atoms with van der Waals surface area (Å²) in [4.78, 5) is 5.52. The van der Waals surface area contributed by atoms with Crippen LogP contribution in [-0.4, -0.2) is 10.7 Å². The zero-order chi connectivity index (χ0) is 14.7. The average Bonchev–Trinajstić information content (AvgIpc) is 2.52. The highest BCUT2D eigenvalue weighted by molar-refractivity contribution is 9.10. The Bertz CT molecular complexity index is 755. The van der Waals surface area contributed by atoms with Crippen molar-refractivity contribution in [2.75, 3.05) is 5.75 Å². The van der Waals surface area contributed by atoms with Gasteiger partial charge >= 0.3 is 0 Å². The van der Waals surface area contributed by atoms with Crippen molar-refractivity contribution in [1.29, 1.82) is 0 Å². The molecular formula is C17H15BrN2S. The molecule has 1 atom stereocenters. The lowest BCUT2D eigenvalue weighted by Gasteiger charge is -2.14. The summed E-state index contributed by atoms with van der Waals surface area (Å²) in [6.45, 7) is 0. The van der Waals surface area contributed by atoms with E-state index < -0.39 is 0 Å². The molecule has 0 saturated carbocycles. The highest BCUT2D eigenvalue weighted by Crippen LogP contribution is 2.28. The molecule has 0 aliphatic heterocycles. The number of hydrogen-bond donors (Lipinski definition) is 1. The van der Waals surface area contributed by atoms with Gasteiger partial charge in [0.15, 0.2) is 0 Å². The van der Waals surface area contributed by atoms with Gasteiger partial charge in [0.05, 0.1) is 0 Å². The summed E-state index contributed by atoms with van der Waals surface area (Å²) >= 11 is 5.26. The van der Waals surface area contributed by atoms with Gasteiger partial charge in [-0.1, -0.05) is 46.3 Å². The lowest BCUT2D eigenvalue weighted by molar-refractivity contribution is 0.834. The largest absolute Gasteiger partial charge is 0.323 e. The maximum absolute atomic E-state index is 6.37. The first-order valence-corrected chi connectivity index (χ1v) is 8.48. The number of nitrogens with two attached hydrogens (primary N) is 1. The summed E-state index contributed by atoms with van der Waals surface area (Å²) < 4.78 is 1.09. The fourth-order valence-corrected chi connectivity index (χ4v) is 3.76. The van der Waals surface area contributed by atoms with Gasteiger partial charge in [0.1, 0.15) is 0 Å². The standard InChI is InChI=1S/C17H15BrN2S/c18-13-5-3-6-14(8-13)21-11-17(19)16-10-20-9-12-4-1-2-7-15(12)16/h1-10,17H,11,19H2. The Kier molecular flexibility index (Phi) is 4.58. The van der Waals surface area contributed by atoms with Crippen LogP contribution in [0.3, 0.4) is 0 Å². The Morgan fingerprint density at radius 1 is 1.10 bits per heavy atom. The summed E-state index contributed by atoms with van der Waals surface area (Å²) in [5.74, 6) is 0.826. The zero-order valence-corrected chi connectivity index (χ0v) is 13.8. The monoisotopic (exact) mass is 358 g/mol. The minimum Gasteiger partial charge on any atom is -0.323 e. The number of aromatic nitrogens is 1. The van der Waals surface area contributed by atoms with Crippen molar-refractivity contribution in [2.24, 2.45) is 5.73 Å². The molecule has 0 aliphatic rings. The van der Waals surface area contributed by atoms with E-state index in [1.165, 1.54) is 10.3 Å². The molecule has 0 amide bonds. The van der Waals surface area contributed by atoms with Gasteiger partial charge in [-0.15, -0.1) is 11.8 Å². The van der Waals surface area contributed by atoms with E-state index in [2.05, 4.69) is 45.2 Å². The first kappa shape index (κ1) is 14.6. The number of rotatable bonds is 4. The van der Waals surface area contributed by atoms with Crippen molar-refractivity contribution >= 4 is 38.5 Å². The highest BCUT2D eigenvalue weighted by Gasteiger charge is 2.11. The van der Waals surface area contributed by atoms with Crippen LogP contribution in [0.25, 0.3) is 10.8 Å². The highest BCUT2D eigenvalue weighted by atomic mass is 79.9. The predicted molar refractivity (Wildman–Crippen MR) is 93.5 cm³/mol. The van der Waals surface area contributed by atoms with Crippen LogP contribution >= 0.6 is 27.7 Å². The summed E-state index contributed by atoms with van der Waals surface area (Å²) in [5.41, 5.74) is 7.48. The lowest BCUT2D eigenvalue weighted by atomic mass is 10.0. The van der Waals surface area contributed by atoms with Crippen molar-refractivity contribution in [3.05, 3.63) is 71.0 Å². The Labute approximate surface area is 136 Å². The molecule has 4 heteroatoms. The van der Waals surface area contributed by atoms with Gasteiger partial charge in [-0.05, 0) is 29.1 Å². The normalized spacial score (nSPS) is 12.5. The van der Waals surface area contributed by atoms with Crippen LogP contribution < -0.4 is 5.73 Å². The molecule has 2 aromatic carbocycles. The maximum Gasteiger partial charge on any atom is 0.0411 e. The van der Waals surface area contributed by atoms with E-state index in [1.807, 2.05) is 36.7 Å². The molecular weight excluding hydrogens is 344 g/mol. The van der Waals surface area contributed by atoms with Crippen molar-refractivity contribution < 1.29 is 0 Å². The number of hydrogen-bond acceptors (Lipinski definition) is 3. The van der Waals surface area contributed by atoms with Crippen molar-refractivity contribution in [3.63, 3.8) is 0 Å². The topological polar surface area (TPSA) is 38.9 Å². The number of halogens is 1. The molecule has 106 valence electrons. The molecule has 1 aromatic heterocycles. The quantitative estimate of drug-likeness (QED) is 0.681. The van der Waals surface area contributed by atoms with Crippen LogP contribution in [0.2, 0.25) is 0 Å². The van der Waals surface area contributed by atoms with Gasteiger partial charge in [0, 0.05) is 38.9 Å². The molecule has 2 N–H and O–H groups in total. The first-order valence-electron chi connectivity index (χ1n) is 6.70. The van der Waals surface area contributed by atoms with Crippen molar-refractivity contribution in [2.45, 2.75) is 10.9 Å². The van der Waals surface area contributed by atoms with Crippen molar-refractivity contribution in [1.82, 2.24) is 4.98 Å².